The standard InChI is InChI=1S/C18H25NO4S/c1-18-9-8-14-13-5-3-12(23-24(19,21)22)10-11(13)2-4-15(14)16(18)6-7-17(18)20/h3,5,10,14-17,20H,2,4,6-9H2,1H3,(H2,19,21,22)/t14-,15-,16+,17+,18+/m1/s1/i7D2,17D. The molecule has 3 aliphatic rings. The molecule has 5 atom stereocenters. The largest absolute Gasteiger partial charge is 0.393 e. The van der Waals surface area contributed by atoms with Crippen molar-refractivity contribution in [1.29, 1.82) is 0 Å². The van der Waals surface area contributed by atoms with Crippen molar-refractivity contribution in [2.24, 2.45) is 22.4 Å². The number of aryl methyl sites for hydroxylation is 1. The van der Waals surface area contributed by atoms with E-state index in [2.05, 4.69) is 0 Å². The summed E-state index contributed by atoms with van der Waals surface area (Å²) >= 11 is 0. The summed E-state index contributed by atoms with van der Waals surface area (Å²) in [6.45, 7) is 1.87. The average Bonchev–Trinajstić information content (AvgIpc) is 2.69. The Hall–Kier alpha value is -1.11. The molecule has 6 heteroatoms. The van der Waals surface area contributed by atoms with E-state index in [0.717, 1.165) is 30.4 Å². The van der Waals surface area contributed by atoms with Crippen molar-refractivity contribution in [2.75, 3.05) is 0 Å². The van der Waals surface area contributed by atoms with Crippen molar-refractivity contribution in [1.82, 2.24) is 0 Å². The minimum atomic E-state index is -4.06. The fourth-order valence-electron chi connectivity index (χ4n) is 5.14. The Labute approximate surface area is 147 Å². The SMILES string of the molecule is [2H]C1([2H])C[C@H]2[C@@H]3CCc4cc(OS(N)(=O)=O)ccc4[C@H]3CC[C@]2(C)[C@@]1([2H])O. The maximum Gasteiger partial charge on any atom is 0.380 e. The predicted molar refractivity (Wildman–Crippen MR) is 90.8 cm³/mol. The van der Waals surface area contributed by atoms with E-state index in [4.69, 9.17) is 13.4 Å². The number of nitrogens with two attached hydrogens (primary N) is 1. The molecule has 4 rings (SSSR count). The maximum absolute atomic E-state index is 11.2. The van der Waals surface area contributed by atoms with Crippen LogP contribution in [0.5, 0.6) is 5.75 Å². The highest BCUT2D eigenvalue weighted by molar-refractivity contribution is 7.84. The minimum absolute atomic E-state index is 0.0535. The number of fused-ring (bicyclic) bond motifs is 5. The molecule has 0 bridgehead atoms. The Bertz CT molecular complexity index is 889. The van der Waals surface area contributed by atoms with Crippen molar-refractivity contribution in [3.8, 4) is 5.75 Å². The summed E-state index contributed by atoms with van der Waals surface area (Å²) in [6, 6.07) is 5.21. The molecular formula is C18H25NO4S. The van der Waals surface area contributed by atoms with Gasteiger partial charge in [0, 0.05) is 2.74 Å². The van der Waals surface area contributed by atoms with Crippen molar-refractivity contribution in [3.05, 3.63) is 29.3 Å². The number of rotatable bonds is 2. The van der Waals surface area contributed by atoms with Gasteiger partial charge in [0.15, 0.2) is 0 Å². The normalized spacial score (nSPS) is 45.1. The Morgan fingerprint density at radius 1 is 1.42 bits per heavy atom. The molecule has 0 amide bonds. The first kappa shape index (κ1) is 13.1. The smallest absolute Gasteiger partial charge is 0.380 e. The van der Waals surface area contributed by atoms with E-state index in [0.29, 0.717) is 6.42 Å². The Kier molecular flexibility index (Phi) is 2.98. The van der Waals surface area contributed by atoms with E-state index in [1.165, 1.54) is 0 Å². The van der Waals surface area contributed by atoms with Gasteiger partial charge in [-0.15, -0.1) is 0 Å². The zero-order chi connectivity index (χ0) is 19.8. The molecule has 24 heavy (non-hydrogen) atoms. The number of benzene rings is 1. The highest BCUT2D eigenvalue weighted by Crippen LogP contribution is 2.60. The second-order valence-corrected chi connectivity index (χ2v) is 8.69. The monoisotopic (exact) mass is 354 g/mol. The maximum atomic E-state index is 11.2. The molecule has 3 aliphatic carbocycles. The first-order chi connectivity index (χ1) is 12.4. The molecule has 5 nitrogen and oxygen atoms in total. The molecule has 0 heterocycles. The van der Waals surface area contributed by atoms with Crippen LogP contribution in [0.4, 0.5) is 0 Å². The van der Waals surface area contributed by atoms with Crippen LogP contribution in [0, 0.1) is 17.3 Å². The molecule has 0 aliphatic heterocycles. The second-order valence-electron chi connectivity index (χ2n) is 7.54. The molecule has 132 valence electrons. The van der Waals surface area contributed by atoms with Crippen LogP contribution in [0.25, 0.3) is 0 Å². The van der Waals surface area contributed by atoms with Crippen LogP contribution in [0.15, 0.2) is 18.2 Å². The molecule has 0 saturated heterocycles. The fraction of sp³-hybridized carbons (Fsp3) is 0.667. The fourth-order valence-corrected chi connectivity index (χ4v) is 5.52. The Balaban J connectivity index is 1.67. The van der Waals surface area contributed by atoms with Crippen molar-refractivity contribution in [2.45, 2.75) is 57.4 Å². The molecule has 2 fully saturated rings. The third-order valence-corrected chi connectivity index (χ3v) is 6.76. The summed E-state index contributed by atoms with van der Waals surface area (Å²) in [5.41, 5.74) is 1.41. The minimum Gasteiger partial charge on any atom is -0.393 e. The Morgan fingerprint density at radius 3 is 2.96 bits per heavy atom. The number of hydrogen-bond acceptors (Lipinski definition) is 4. The van der Waals surface area contributed by atoms with Crippen LogP contribution in [0.3, 0.4) is 0 Å². The molecular weight excluding hydrogens is 326 g/mol. The van der Waals surface area contributed by atoms with Gasteiger partial charge in [0.25, 0.3) is 0 Å². The van der Waals surface area contributed by atoms with E-state index in [1.54, 1.807) is 12.1 Å². The molecule has 3 N–H and O–H groups in total. The van der Waals surface area contributed by atoms with Gasteiger partial charge in [-0.2, -0.15) is 13.6 Å². The summed E-state index contributed by atoms with van der Waals surface area (Å²) < 4.78 is 51.9. The van der Waals surface area contributed by atoms with E-state index >= 15 is 0 Å². The highest BCUT2D eigenvalue weighted by atomic mass is 32.2. The summed E-state index contributed by atoms with van der Waals surface area (Å²) in [6.07, 6.45) is -0.887. The van der Waals surface area contributed by atoms with Gasteiger partial charge in [-0.25, -0.2) is 0 Å². The van der Waals surface area contributed by atoms with E-state index in [-0.39, 0.29) is 29.9 Å². The van der Waals surface area contributed by atoms with Crippen LogP contribution >= 0.6 is 0 Å². The van der Waals surface area contributed by atoms with E-state index in [9.17, 15) is 13.5 Å². The summed E-state index contributed by atoms with van der Waals surface area (Å²) in [5.74, 6) is 0.575. The lowest BCUT2D eigenvalue weighted by Crippen LogP contribution is -2.43. The molecule has 0 unspecified atom stereocenters. The van der Waals surface area contributed by atoms with Gasteiger partial charge in [0.05, 0.1) is 7.45 Å². The van der Waals surface area contributed by atoms with Gasteiger partial charge in [-0.05, 0) is 84.9 Å². The van der Waals surface area contributed by atoms with Crippen molar-refractivity contribution in [3.63, 3.8) is 0 Å². The van der Waals surface area contributed by atoms with Crippen LogP contribution in [-0.2, 0) is 16.7 Å². The van der Waals surface area contributed by atoms with Crippen molar-refractivity contribution >= 4 is 10.3 Å². The summed E-state index contributed by atoms with van der Waals surface area (Å²) in [7, 11) is -4.06. The molecule has 0 spiro atoms. The van der Waals surface area contributed by atoms with Crippen LogP contribution in [-0.4, -0.2) is 19.6 Å². The Morgan fingerprint density at radius 2 is 2.21 bits per heavy atom. The number of hydrogen-bond donors (Lipinski definition) is 2. The molecule has 0 aromatic heterocycles. The first-order valence-corrected chi connectivity index (χ1v) is 9.90. The summed E-state index contributed by atoms with van der Waals surface area (Å²) in [5, 5.41) is 15.7. The highest BCUT2D eigenvalue weighted by Gasteiger charge is 2.54. The third kappa shape index (κ3) is 2.55. The second kappa shape index (κ2) is 5.44. The van der Waals surface area contributed by atoms with Crippen LogP contribution < -0.4 is 9.32 Å². The van der Waals surface area contributed by atoms with Gasteiger partial charge in [-0.3, -0.25) is 0 Å². The van der Waals surface area contributed by atoms with Gasteiger partial charge in [0.2, 0.25) is 0 Å². The molecule has 1 aromatic rings. The van der Waals surface area contributed by atoms with Gasteiger partial charge < -0.3 is 9.29 Å². The summed E-state index contributed by atoms with van der Waals surface area (Å²) in [4.78, 5) is 0. The first-order valence-electron chi connectivity index (χ1n) is 9.93. The topological polar surface area (TPSA) is 89.6 Å². The number of aliphatic hydroxyl groups is 1. The quantitative estimate of drug-likeness (QED) is 0.854. The molecule has 2 saturated carbocycles. The van der Waals surface area contributed by atoms with E-state index < -0.39 is 28.2 Å². The third-order valence-electron chi connectivity index (χ3n) is 6.33. The average molecular weight is 354 g/mol. The van der Waals surface area contributed by atoms with Crippen LogP contribution in [0.2, 0.25) is 0 Å². The van der Waals surface area contributed by atoms with Crippen LogP contribution in [0.1, 0.15) is 60.1 Å². The van der Waals surface area contributed by atoms with Gasteiger partial charge in [-0.1, -0.05) is 13.0 Å². The molecule has 1 aromatic carbocycles. The lowest BCUT2D eigenvalue weighted by molar-refractivity contribution is -0.0226. The zero-order valence-corrected chi connectivity index (χ0v) is 14.5. The lowest BCUT2D eigenvalue weighted by atomic mass is 9.55. The van der Waals surface area contributed by atoms with Gasteiger partial charge in [0.1, 0.15) is 5.75 Å². The predicted octanol–water partition coefficient (Wildman–Crippen LogP) is 2.49. The van der Waals surface area contributed by atoms with Gasteiger partial charge >= 0.3 is 10.3 Å². The van der Waals surface area contributed by atoms with Crippen molar-refractivity contribution < 1.29 is 21.8 Å². The lowest BCUT2D eigenvalue weighted by Gasteiger charge is -2.50. The zero-order valence-electron chi connectivity index (χ0n) is 16.7. The van der Waals surface area contributed by atoms with E-state index in [1.807, 2.05) is 13.0 Å². The molecule has 0 radical (unpaired) electrons.